The van der Waals surface area contributed by atoms with Gasteiger partial charge in [0.25, 0.3) is 0 Å². The fourth-order valence-electron chi connectivity index (χ4n) is 3.02. The van der Waals surface area contributed by atoms with Crippen LogP contribution in [0.4, 0.5) is 0 Å². The van der Waals surface area contributed by atoms with Crippen LogP contribution in [0.3, 0.4) is 0 Å². The van der Waals surface area contributed by atoms with Crippen LogP contribution in [0.25, 0.3) is 0 Å². The molecule has 0 atom stereocenters. The largest absolute Gasteiger partial charge is 0.355 e. The highest BCUT2D eigenvalue weighted by atomic mass is 32.2. The summed E-state index contributed by atoms with van der Waals surface area (Å²) in [5.41, 5.74) is 1.24. The maximum Gasteiger partial charge on any atom is 0.230 e. The summed E-state index contributed by atoms with van der Waals surface area (Å²) in [4.78, 5) is 11.9. The van der Waals surface area contributed by atoms with Crippen molar-refractivity contribution in [3.8, 4) is 0 Å². The Balaban J connectivity index is 1.36. The van der Waals surface area contributed by atoms with E-state index in [-0.39, 0.29) is 5.91 Å². The number of carbonyl (C=O) groups is 1. The molecule has 1 aliphatic carbocycles. The molecule has 1 saturated carbocycles. The average molecular weight is 345 g/mol. The molecule has 24 heavy (non-hydrogen) atoms. The number of aromatic nitrogens is 4. The van der Waals surface area contributed by atoms with Crippen LogP contribution in [0.5, 0.6) is 0 Å². The lowest BCUT2D eigenvalue weighted by molar-refractivity contribution is -0.118. The summed E-state index contributed by atoms with van der Waals surface area (Å²) in [7, 11) is 0. The molecule has 6 nitrogen and oxygen atoms in total. The summed E-state index contributed by atoms with van der Waals surface area (Å²) in [6.45, 7) is 0.670. The number of hydrogen-bond acceptors (Lipinski definition) is 5. The van der Waals surface area contributed by atoms with E-state index in [1.165, 1.54) is 18.4 Å². The number of amides is 1. The quantitative estimate of drug-likeness (QED) is 0.795. The minimum atomic E-state index is 0.0656. The smallest absolute Gasteiger partial charge is 0.230 e. The minimum Gasteiger partial charge on any atom is -0.355 e. The molecule has 3 rings (SSSR count). The lowest BCUT2D eigenvalue weighted by Gasteiger charge is -2.11. The van der Waals surface area contributed by atoms with Crippen LogP contribution >= 0.6 is 11.8 Å². The van der Waals surface area contributed by atoms with Gasteiger partial charge in [0, 0.05) is 6.54 Å². The number of thioether (sulfide) groups is 1. The van der Waals surface area contributed by atoms with E-state index in [1.54, 1.807) is 11.8 Å². The van der Waals surface area contributed by atoms with Crippen molar-refractivity contribution in [3.63, 3.8) is 0 Å². The van der Waals surface area contributed by atoms with Gasteiger partial charge in [-0.15, -0.1) is 16.9 Å². The molecule has 1 aromatic carbocycles. The maximum absolute atomic E-state index is 11.9. The molecule has 1 aliphatic rings. The first-order valence-corrected chi connectivity index (χ1v) is 9.63. The van der Waals surface area contributed by atoms with E-state index in [0.717, 1.165) is 25.1 Å². The molecule has 0 unspecified atom stereocenters. The van der Waals surface area contributed by atoms with Crippen molar-refractivity contribution >= 4 is 17.7 Å². The van der Waals surface area contributed by atoms with E-state index in [4.69, 9.17) is 0 Å². The summed E-state index contributed by atoms with van der Waals surface area (Å²) in [6.07, 6.45) is 5.67. The SMILES string of the molecule is O=C(CSCc1nnnn1C1CCCC1)NCCc1ccccc1. The highest BCUT2D eigenvalue weighted by molar-refractivity contribution is 7.99. The van der Waals surface area contributed by atoms with E-state index in [1.807, 2.05) is 22.9 Å². The second-order valence-electron chi connectivity index (χ2n) is 6.06. The minimum absolute atomic E-state index is 0.0656. The molecule has 1 fully saturated rings. The van der Waals surface area contributed by atoms with Gasteiger partial charge in [-0.25, -0.2) is 4.68 Å². The molecule has 7 heteroatoms. The Morgan fingerprint density at radius 3 is 2.83 bits per heavy atom. The summed E-state index contributed by atoms with van der Waals surface area (Å²) in [5, 5.41) is 15.0. The standard InChI is InChI=1S/C17H23N5OS/c23-17(18-11-10-14-6-2-1-3-7-14)13-24-12-16-19-20-21-22(16)15-8-4-5-9-15/h1-3,6-7,15H,4-5,8-13H2,(H,18,23). The van der Waals surface area contributed by atoms with E-state index >= 15 is 0 Å². The van der Waals surface area contributed by atoms with Crippen molar-refractivity contribution in [1.29, 1.82) is 0 Å². The van der Waals surface area contributed by atoms with Crippen molar-refractivity contribution in [3.05, 3.63) is 41.7 Å². The van der Waals surface area contributed by atoms with Crippen LogP contribution in [-0.2, 0) is 17.0 Å². The first-order chi connectivity index (χ1) is 11.8. The van der Waals surface area contributed by atoms with Gasteiger partial charge in [-0.05, 0) is 35.3 Å². The Labute approximate surface area is 146 Å². The second-order valence-corrected chi connectivity index (χ2v) is 7.04. The summed E-state index contributed by atoms with van der Waals surface area (Å²) >= 11 is 1.56. The predicted molar refractivity (Wildman–Crippen MR) is 94.6 cm³/mol. The van der Waals surface area contributed by atoms with Gasteiger partial charge in [-0.2, -0.15) is 0 Å². The van der Waals surface area contributed by atoms with Crippen molar-refractivity contribution in [1.82, 2.24) is 25.5 Å². The predicted octanol–water partition coefficient (Wildman–Crippen LogP) is 2.38. The Morgan fingerprint density at radius 1 is 1.25 bits per heavy atom. The van der Waals surface area contributed by atoms with Crippen molar-refractivity contribution < 1.29 is 4.79 Å². The number of tetrazole rings is 1. The third kappa shape index (κ3) is 4.80. The molecule has 0 aliphatic heterocycles. The number of nitrogens with one attached hydrogen (secondary N) is 1. The monoisotopic (exact) mass is 345 g/mol. The number of carbonyl (C=O) groups excluding carboxylic acids is 1. The molecule has 1 N–H and O–H groups in total. The number of nitrogens with zero attached hydrogens (tertiary/aromatic N) is 4. The zero-order chi connectivity index (χ0) is 16.6. The van der Waals surface area contributed by atoms with Crippen LogP contribution < -0.4 is 5.32 Å². The Bertz CT molecular complexity index is 639. The van der Waals surface area contributed by atoms with Gasteiger partial charge in [0.15, 0.2) is 5.82 Å². The molecule has 0 bridgehead atoms. The van der Waals surface area contributed by atoms with E-state index in [0.29, 0.717) is 24.1 Å². The summed E-state index contributed by atoms with van der Waals surface area (Å²) < 4.78 is 1.95. The molecular formula is C17H23N5OS. The Morgan fingerprint density at radius 2 is 2.04 bits per heavy atom. The molecule has 1 amide bonds. The van der Waals surface area contributed by atoms with Gasteiger partial charge >= 0.3 is 0 Å². The van der Waals surface area contributed by atoms with Crippen molar-refractivity contribution in [2.24, 2.45) is 0 Å². The van der Waals surface area contributed by atoms with E-state index < -0.39 is 0 Å². The normalized spacial score (nSPS) is 14.8. The Kier molecular flexibility index (Phi) is 6.23. The number of benzene rings is 1. The van der Waals surface area contributed by atoms with Crippen LogP contribution in [0.15, 0.2) is 30.3 Å². The lowest BCUT2D eigenvalue weighted by atomic mass is 10.1. The maximum atomic E-state index is 11.9. The van der Waals surface area contributed by atoms with Gasteiger partial charge in [0.2, 0.25) is 5.91 Å². The van der Waals surface area contributed by atoms with Crippen LogP contribution in [0.1, 0.15) is 43.1 Å². The molecule has 0 radical (unpaired) electrons. The first kappa shape index (κ1) is 17.0. The highest BCUT2D eigenvalue weighted by Crippen LogP contribution is 2.29. The third-order valence-corrected chi connectivity index (χ3v) is 5.20. The zero-order valence-corrected chi connectivity index (χ0v) is 14.5. The van der Waals surface area contributed by atoms with Crippen molar-refractivity contribution in [2.75, 3.05) is 12.3 Å². The summed E-state index contributed by atoms with van der Waals surface area (Å²) in [6, 6.07) is 10.6. The van der Waals surface area contributed by atoms with Gasteiger partial charge in [0.1, 0.15) is 0 Å². The number of rotatable bonds is 8. The topological polar surface area (TPSA) is 72.7 Å². The van der Waals surface area contributed by atoms with Gasteiger partial charge < -0.3 is 5.32 Å². The molecule has 2 aromatic rings. The molecule has 128 valence electrons. The van der Waals surface area contributed by atoms with E-state index in [9.17, 15) is 4.79 Å². The number of hydrogen-bond donors (Lipinski definition) is 1. The van der Waals surface area contributed by atoms with Gasteiger partial charge in [0.05, 0.1) is 17.5 Å². The van der Waals surface area contributed by atoms with Crippen LogP contribution in [0.2, 0.25) is 0 Å². The fraction of sp³-hybridized carbons (Fsp3) is 0.529. The highest BCUT2D eigenvalue weighted by Gasteiger charge is 2.21. The van der Waals surface area contributed by atoms with Gasteiger partial charge in [-0.1, -0.05) is 43.2 Å². The van der Waals surface area contributed by atoms with Crippen molar-refractivity contribution in [2.45, 2.75) is 43.9 Å². The van der Waals surface area contributed by atoms with Crippen LogP contribution in [-0.4, -0.2) is 38.4 Å². The van der Waals surface area contributed by atoms with E-state index in [2.05, 4.69) is 33.0 Å². The zero-order valence-electron chi connectivity index (χ0n) is 13.7. The molecule has 1 aromatic heterocycles. The first-order valence-electron chi connectivity index (χ1n) is 8.48. The molecule has 1 heterocycles. The third-order valence-electron chi connectivity index (χ3n) is 4.27. The van der Waals surface area contributed by atoms with Crippen LogP contribution in [0, 0.1) is 0 Å². The lowest BCUT2D eigenvalue weighted by Crippen LogP contribution is -2.27. The summed E-state index contributed by atoms with van der Waals surface area (Å²) in [5.74, 6) is 2.06. The Hall–Kier alpha value is -1.89. The van der Waals surface area contributed by atoms with Gasteiger partial charge in [-0.3, -0.25) is 4.79 Å². The second kappa shape index (κ2) is 8.82. The average Bonchev–Trinajstić information content (AvgIpc) is 3.27. The fourth-order valence-corrected chi connectivity index (χ4v) is 3.78. The molecule has 0 saturated heterocycles. The molecular weight excluding hydrogens is 322 g/mol. The molecule has 0 spiro atoms.